The number of amides is 1. The summed E-state index contributed by atoms with van der Waals surface area (Å²) in [6.07, 6.45) is 2.24. The van der Waals surface area contributed by atoms with Crippen LogP contribution in [0, 0.1) is 0 Å². The minimum Gasteiger partial charge on any atom is -0.378 e. The Morgan fingerprint density at radius 2 is 1.77 bits per heavy atom. The fourth-order valence-electron chi connectivity index (χ4n) is 3.36. The van der Waals surface area contributed by atoms with Gasteiger partial charge >= 0.3 is 0 Å². The molecule has 1 aromatic heterocycles. The molecule has 0 radical (unpaired) electrons. The van der Waals surface area contributed by atoms with Gasteiger partial charge in [0.1, 0.15) is 0 Å². The van der Waals surface area contributed by atoms with Crippen molar-refractivity contribution in [3.8, 4) is 0 Å². The van der Waals surface area contributed by atoms with Gasteiger partial charge in [-0.25, -0.2) is 5.43 Å². The van der Waals surface area contributed by atoms with Crippen molar-refractivity contribution in [1.29, 1.82) is 0 Å². The molecule has 5 nitrogen and oxygen atoms in total. The van der Waals surface area contributed by atoms with Crippen molar-refractivity contribution in [3.05, 3.63) is 106 Å². The topological polar surface area (TPSA) is 66.6 Å². The highest BCUT2D eigenvalue weighted by molar-refractivity contribution is 6.42. The monoisotopic (exact) mass is 451 g/mol. The van der Waals surface area contributed by atoms with E-state index >= 15 is 0 Å². The van der Waals surface area contributed by atoms with Gasteiger partial charge in [0.15, 0.2) is 6.10 Å². The average Bonchev–Trinajstić information content (AvgIpc) is 3.14. The van der Waals surface area contributed by atoms with Gasteiger partial charge in [-0.3, -0.25) is 4.79 Å². The highest BCUT2D eigenvalue weighted by Gasteiger charge is 2.16. The number of para-hydroxylation sites is 1. The number of hydrazone groups is 1. The number of halogens is 2. The lowest BCUT2D eigenvalue weighted by atomic mass is 10.1. The van der Waals surface area contributed by atoms with Gasteiger partial charge in [0, 0.05) is 29.2 Å². The number of aliphatic hydroxyl groups is 1. The molecule has 4 rings (SSSR count). The summed E-state index contributed by atoms with van der Waals surface area (Å²) in [5.41, 5.74) is 5.78. The van der Waals surface area contributed by atoms with E-state index in [4.69, 9.17) is 23.2 Å². The number of nitrogens with zero attached hydrogens (tertiary/aromatic N) is 2. The van der Waals surface area contributed by atoms with E-state index in [1.165, 1.54) is 0 Å². The third-order valence-corrected chi connectivity index (χ3v) is 5.64. The molecule has 0 bridgehead atoms. The van der Waals surface area contributed by atoms with Crippen molar-refractivity contribution in [1.82, 2.24) is 9.99 Å². The van der Waals surface area contributed by atoms with Gasteiger partial charge in [-0.1, -0.05) is 77.8 Å². The van der Waals surface area contributed by atoms with E-state index in [2.05, 4.69) is 15.1 Å². The van der Waals surface area contributed by atoms with Crippen LogP contribution in [-0.4, -0.2) is 21.8 Å². The Morgan fingerprint density at radius 3 is 2.55 bits per heavy atom. The summed E-state index contributed by atoms with van der Waals surface area (Å²) in [5.74, 6) is -0.595. The van der Waals surface area contributed by atoms with Gasteiger partial charge in [-0.05, 0) is 29.3 Å². The van der Waals surface area contributed by atoms with Crippen LogP contribution in [0.5, 0.6) is 0 Å². The normalized spacial score (nSPS) is 12.4. The van der Waals surface area contributed by atoms with E-state index in [0.717, 1.165) is 22.0 Å². The molecular formula is C24H19Cl2N3O2. The fourth-order valence-corrected chi connectivity index (χ4v) is 3.68. The molecule has 1 atom stereocenters. The van der Waals surface area contributed by atoms with Crippen LogP contribution in [0.4, 0.5) is 0 Å². The van der Waals surface area contributed by atoms with Crippen LogP contribution < -0.4 is 5.43 Å². The quantitative estimate of drug-likeness (QED) is 0.313. The Kier molecular flexibility index (Phi) is 6.37. The first kappa shape index (κ1) is 21.1. The summed E-state index contributed by atoms with van der Waals surface area (Å²) in [6.45, 7) is 0.602. The molecule has 0 spiro atoms. The van der Waals surface area contributed by atoms with E-state index in [1.54, 1.807) is 36.5 Å². The molecule has 3 aromatic carbocycles. The van der Waals surface area contributed by atoms with E-state index in [1.807, 2.05) is 48.7 Å². The first-order chi connectivity index (χ1) is 15.0. The Morgan fingerprint density at radius 1 is 1.03 bits per heavy atom. The molecule has 0 fully saturated rings. The molecule has 0 saturated heterocycles. The van der Waals surface area contributed by atoms with Crippen molar-refractivity contribution in [3.63, 3.8) is 0 Å². The predicted octanol–water partition coefficient (Wildman–Crippen LogP) is 5.18. The number of rotatable bonds is 6. The van der Waals surface area contributed by atoms with Crippen molar-refractivity contribution in [2.24, 2.45) is 5.10 Å². The Labute approximate surface area is 189 Å². The van der Waals surface area contributed by atoms with E-state index < -0.39 is 12.0 Å². The van der Waals surface area contributed by atoms with Gasteiger partial charge in [-0.15, -0.1) is 0 Å². The first-order valence-corrected chi connectivity index (χ1v) is 10.4. The minimum absolute atomic E-state index is 0.508. The zero-order valence-electron chi connectivity index (χ0n) is 16.4. The second-order valence-electron chi connectivity index (χ2n) is 7.03. The first-order valence-electron chi connectivity index (χ1n) is 9.60. The smallest absolute Gasteiger partial charge is 0.273 e. The summed E-state index contributed by atoms with van der Waals surface area (Å²) >= 11 is 12.2. The lowest BCUT2D eigenvalue weighted by Crippen LogP contribution is -2.25. The lowest BCUT2D eigenvalue weighted by molar-refractivity contribution is -0.129. The molecule has 31 heavy (non-hydrogen) atoms. The average molecular weight is 452 g/mol. The number of fused-ring (bicyclic) bond motifs is 1. The van der Waals surface area contributed by atoms with E-state index in [9.17, 15) is 9.90 Å². The Hall–Kier alpha value is -3.12. The molecular weight excluding hydrogens is 433 g/mol. The molecule has 0 unspecified atom stereocenters. The number of hydrogen-bond donors (Lipinski definition) is 2. The lowest BCUT2D eigenvalue weighted by Gasteiger charge is -2.08. The van der Waals surface area contributed by atoms with Crippen LogP contribution >= 0.6 is 23.2 Å². The fraction of sp³-hybridized carbons (Fsp3) is 0.0833. The molecule has 156 valence electrons. The molecule has 2 N–H and O–H groups in total. The van der Waals surface area contributed by atoms with Crippen molar-refractivity contribution >= 4 is 46.2 Å². The number of benzene rings is 3. The zero-order chi connectivity index (χ0) is 21.8. The third kappa shape index (κ3) is 4.80. The van der Waals surface area contributed by atoms with Crippen LogP contribution in [0.2, 0.25) is 10.0 Å². The summed E-state index contributed by atoms with van der Waals surface area (Å²) in [5, 5.41) is 16.2. The van der Waals surface area contributed by atoms with E-state index in [0.29, 0.717) is 22.2 Å². The maximum atomic E-state index is 12.2. The summed E-state index contributed by atoms with van der Waals surface area (Å²) in [6, 6.07) is 22.2. The van der Waals surface area contributed by atoms with Crippen LogP contribution in [0.15, 0.2) is 84.1 Å². The number of hydrogen-bond acceptors (Lipinski definition) is 3. The maximum absolute atomic E-state index is 12.2. The summed E-state index contributed by atoms with van der Waals surface area (Å²) in [4.78, 5) is 12.2. The maximum Gasteiger partial charge on any atom is 0.273 e. The molecule has 7 heteroatoms. The van der Waals surface area contributed by atoms with Crippen LogP contribution in [0.1, 0.15) is 22.8 Å². The van der Waals surface area contributed by atoms with Crippen molar-refractivity contribution < 1.29 is 9.90 Å². The third-order valence-electron chi connectivity index (χ3n) is 4.90. The summed E-state index contributed by atoms with van der Waals surface area (Å²) < 4.78 is 2.08. The van der Waals surface area contributed by atoms with Crippen LogP contribution in [-0.2, 0) is 11.3 Å². The standard InChI is InChI=1S/C24H19Cl2N3O2/c25-20-11-10-16(12-21(20)26)14-29-15-18(19-8-4-5-9-22(19)29)13-27-28-24(31)23(30)17-6-2-1-3-7-17/h1-13,15,23,30H,14H2,(H,28,31)/b27-13-/t23-/m1/s1. The molecule has 1 amide bonds. The molecule has 0 aliphatic carbocycles. The second kappa shape index (κ2) is 9.35. The summed E-state index contributed by atoms with van der Waals surface area (Å²) in [7, 11) is 0. The van der Waals surface area contributed by atoms with Gasteiger partial charge in [0.25, 0.3) is 5.91 Å². The van der Waals surface area contributed by atoms with Gasteiger partial charge in [0.2, 0.25) is 0 Å². The minimum atomic E-state index is -1.28. The number of aromatic nitrogens is 1. The molecule has 4 aromatic rings. The highest BCUT2D eigenvalue weighted by Crippen LogP contribution is 2.25. The van der Waals surface area contributed by atoms with Crippen molar-refractivity contribution in [2.75, 3.05) is 0 Å². The van der Waals surface area contributed by atoms with E-state index in [-0.39, 0.29) is 0 Å². The number of carbonyl (C=O) groups excluding carboxylic acids is 1. The van der Waals surface area contributed by atoms with Crippen LogP contribution in [0.3, 0.4) is 0 Å². The second-order valence-corrected chi connectivity index (χ2v) is 7.84. The molecule has 0 aliphatic heterocycles. The van der Waals surface area contributed by atoms with Crippen molar-refractivity contribution in [2.45, 2.75) is 12.6 Å². The Balaban J connectivity index is 1.54. The molecule has 0 saturated carbocycles. The van der Waals surface area contributed by atoms with Crippen LogP contribution in [0.25, 0.3) is 10.9 Å². The molecule has 0 aliphatic rings. The highest BCUT2D eigenvalue weighted by atomic mass is 35.5. The number of carbonyl (C=O) groups is 1. The van der Waals surface area contributed by atoms with Gasteiger partial charge in [-0.2, -0.15) is 5.10 Å². The Bertz CT molecular complexity index is 1250. The van der Waals surface area contributed by atoms with Gasteiger partial charge < -0.3 is 9.67 Å². The zero-order valence-corrected chi connectivity index (χ0v) is 17.9. The largest absolute Gasteiger partial charge is 0.378 e. The molecule has 1 heterocycles. The number of aliphatic hydroxyl groups excluding tert-OH is 1. The van der Waals surface area contributed by atoms with Gasteiger partial charge in [0.05, 0.1) is 16.3 Å². The number of nitrogens with one attached hydrogen (secondary N) is 1. The SMILES string of the molecule is O=C(N/N=C\c1cn(Cc2ccc(Cl)c(Cl)c2)c2ccccc12)[C@H](O)c1ccccc1. The predicted molar refractivity (Wildman–Crippen MR) is 125 cm³/mol.